The van der Waals surface area contributed by atoms with Crippen molar-refractivity contribution >= 4 is 38.7 Å². The monoisotopic (exact) mass is 410 g/mol. The minimum absolute atomic E-state index is 0.0223. The molecule has 5 nitrogen and oxygen atoms in total. The molecule has 0 aliphatic carbocycles. The Morgan fingerprint density at radius 1 is 1.42 bits per heavy atom. The number of nitrogens with zero attached hydrogens (tertiary/aromatic N) is 2. The molecule has 0 bridgehead atoms. The van der Waals surface area contributed by atoms with Crippen molar-refractivity contribution in [1.82, 2.24) is 9.88 Å². The number of rotatable bonds is 6. The van der Waals surface area contributed by atoms with Crippen molar-refractivity contribution in [1.29, 1.82) is 0 Å². The van der Waals surface area contributed by atoms with Crippen molar-refractivity contribution in [2.24, 2.45) is 0 Å². The van der Waals surface area contributed by atoms with Gasteiger partial charge in [0.25, 0.3) is 0 Å². The molecule has 2 heterocycles. The topological polar surface area (TPSA) is 67.3 Å². The minimum atomic E-state index is -3.06. The van der Waals surface area contributed by atoms with Crippen LogP contribution in [-0.4, -0.2) is 48.3 Å². The van der Waals surface area contributed by atoms with Crippen LogP contribution in [0.15, 0.2) is 42.3 Å². The Morgan fingerprint density at radius 2 is 2.19 bits per heavy atom. The first-order chi connectivity index (χ1) is 12.4. The van der Waals surface area contributed by atoms with Crippen molar-refractivity contribution in [2.45, 2.75) is 18.9 Å². The predicted octanol–water partition coefficient (Wildman–Crippen LogP) is 3.21. The maximum absolute atomic E-state index is 12.7. The van der Waals surface area contributed by atoms with Gasteiger partial charge in [0.15, 0.2) is 9.84 Å². The van der Waals surface area contributed by atoms with Crippen LogP contribution in [0, 0.1) is 0 Å². The van der Waals surface area contributed by atoms with Gasteiger partial charge < -0.3 is 4.90 Å². The molecule has 1 atom stereocenters. The van der Waals surface area contributed by atoms with Crippen LogP contribution in [0.25, 0.3) is 10.6 Å². The number of carbonyl (C=O) groups excluding carboxylic acids is 1. The van der Waals surface area contributed by atoms with Gasteiger partial charge in [-0.2, -0.15) is 0 Å². The Bertz CT molecular complexity index is 924. The summed E-state index contributed by atoms with van der Waals surface area (Å²) in [7, 11) is -3.06. The lowest BCUT2D eigenvalue weighted by atomic mass is 10.2. The van der Waals surface area contributed by atoms with Crippen molar-refractivity contribution in [3.05, 3.63) is 53.0 Å². The summed E-state index contributed by atoms with van der Waals surface area (Å²) in [6, 6.07) is 7.15. The average Bonchev–Trinajstić information content (AvgIpc) is 3.19. The van der Waals surface area contributed by atoms with Gasteiger partial charge in [0, 0.05) is 23.5 Å². The summed E-state index contributed by atoms with van der Waals surface area (Å²) >= 11 is 7.64. The van der Waals surface area contributed by atoms with Gasteiger partial charge in [0.05, 0.1) is 28.6 Å². The number of benzene rings is 1. The number of hydrogen-bond donors (Lipinski definition) is 0. The predicted molar refractivity (Wildman–Crippen MR) is 105 cm³/mol. The van der Waals surface area contributed by atoms with E-state index < -0.39 is 9.84 Å². The van der Waals surface area contributed by atoms with Crippen molar-refractivity contribution in [3.8, 4) is 10.6 Å². The minimum Gasteiger partial charge on any atom is -0.335 e. The van der Waals surface area contributed by atoms with E-state index in [9.17, 15) is 13.2 Å². The normalized spacial score (nSPS) is 18.6. The second-order valence-electron chi connectivity index (χ2n) is 6.19. The van der Waals surface area contributed by atoms with Crippen LogP contribution in [-0.2, 0) is 21.1 Å². The molecule has 1 saturated heterocycles. The number of hydrogen-bond acceptors (Lipinski definition) is 5. The summed E-state index contributed by atoms with van der Waals surface area (Å²) < 4.78 is 23.5. The molecule has 1 amide bonds. The second-order valence-corrected chi connectivity index (χ2v) is 9.69. The van der Waals surface area contributed by atoms with Crippen LogP contribution in [0.2, 0.25) is 5.02 Å². The van der Waals surface area contributed by atoms with Gasteiger partial charge in [-0.1, -0.05) is 35.9 Å². The second kappa shape index (κ2) is 7.90. The van der Waals surface area contributed by atoms with E-state index in [1.54, 1.807) is 17.0 Å². The van der Waals surface area contributed by atoms with Crippen molar-refractivity contribution in [2.75, 3.05) is 18.1 Å². The van der Waals surface area contributed by atoms with Gasteiger partial charge in [-0.05, 0) is 12.5 Å². The lowest BCUT2D eigenvalue weighted by Crippen LogP contribution is -2.42. The molecule has 0 unspecified atom stereocenters. The zero-order chi connectivity index (χ0) is 18.7. The Hall–Kier alpha value is -1.70. The van der Waals surface area contributed by atoms with E-state index in [4.69, 9.17) is 11.6 Å². The molecule has 8 heteroatoms. The highest BCUT2D eigenvalue weighted by Gasteiger charge is 2.34. The highest BCUT2D eigenvalue weighted by molar-refractivity contribution is 7.91. The molecule has 26 heavy (non-hydrogen) atoms. The zero-order valence-electron chi connectivity index (χ0n) is 14.1. The number of amides is 1. The number of aromatic nitrogens is 1. The quantitative estimate of drug-likeness (QED) is 0.686. The Morgan fingerprint density at radius 3 is 2.85 bits per heavy atom. The Labute approximate surface area is 162 Å². The SMILES string of the molecule is C=CCN(C(=O)Cc1csc(-c2ccccc2Cl)n1)[C@H]1CCS(=O)(=O)C1. The van der Waals surface area contributed by atoms with E-state index >= 15 is 0 Å². The molecular weight excluding hydrogens is 392 g/mol. The molecule has 1 fully saturated rings. The largest absolute Gasteiger partial charge is 0.335 e. The van der Waals surface area contributed by atoms with Gasteiger partial charge in [-0.15, -0.1) is 17.9 Å². The van der Waals surface area contributed by atoms with Gasteiger partial charge in [0.1, 0.15) is 5.01 Å². The van der Waals surface area contributed by atoms with Crippen molar-refractivity contribution in [3.63, 3.8) is 0 Å². The number of carbonyl (C=O) groups is 1. The van der Waals surface area contributed by atoms with Crippen LogP contribution in [0.4, 0.5) is 0 Å². The average molecular weight is 411 g/mol. The summed E-state index contributed by atoms with van der Waals surface area (Å²) in [5.41, 5.74) is 1.49. The van der Waals surface area contributed by atoms with E-state index in [-0.39, 0.29) is 29.9 Å². The molecule has 138 valence electrons. The fraction of sp³-hybridized carbons (Fsp3) is 0.333. The molecule has 3 rings (SSSR count). The third-order valence-electron chi connectivity index (χ3n) is 4.28. The zero-order valence-corrected chi connectivity index (χ0v) is 16.5. The molecule has 0 spiro atoms. The lowest BCUT2D eigenvalue weighted by molar-refractivity contribution is -0.131. The Balaban J connectivity index is 1.74. The molecule has 0 saturated carbocycles. The van der Waals surface area contributed by atoms with Crippen molar-refractivity contribution < 1.29 is 13.2 Å². The van der Waals surface area contributed by atoms with Crippen LogP contribution >= 0.6 is 22.9 Å². The maximum Gasteiger partial charge on any atom is 0.229 e. The van der Waals surface area contributed by atoms with E-state index in [0.717, 1.165) is 10.6 Å². The summed E-state index contributed by atoms with van der Waals surface area (Å²) in [5.74, 6) is 0.0171. The number of halogens is 1. The standard InChI is InChI=1S/C18H19ClN2O3S2/c1-2-8-21(14-7-9-26(23,24)12-14)17(22)10-13-11-25-18(20-13)15-5-3-4-6-16(15)19/h2-6,11,14H,1,7-10,12H2/t14-/m0/s1. The molecule has 1 aromatic carbocycles. The van der Waals surface area contributed by atoms with Gasteiger partial charge in [0.2, 0.25) is 5.91 Å². The molecule has 1 aromatic heterocycles. The molecular formula is C18H19ClN2O3S2. The van der Waals surface area contributed by atoms with Crippen LogP contribution in [0.1, 0.15) is 12.1 Å². The van der Waals surface area contributed by atoms with E-state index in [0.29, 0.717) is 23.7 Å². The summed E-state index contributed by atoms with van der Waals surface area (Å²) in [5, 5.41) is 3.22. The first kappa shape index (κ1) is 19.1. The highest BCUT2D eigenvalue weighted by atomic mass is 35.5. The fourth-order valence-electron chi connectivity index (χ4n) is 3.02. The third kappa shape index (κ3) is 4.34. The Kier molecular flexibility index (Phi) is 5.79. The fourth-order valence-corrected chi connectivity index (χ4v) is 5.89. The van der Waals surface area contributed by atoms with Gasteiger partial charge in [-0.3, -0.25) is 4.79 Å². The van der Waals surface area contributed by atoms with Crippen LogP contribution < -0.4 is 0 Å². The molecule has 0 radical (unpaired) electrons. The summed E-state index contributed by atoms with van der Waals surface area (Å²) in [6.07, 6.45) is 2.23. The van der Waals surface area contributed by atoms with Gasteiger partial charge >= 0.3 is 0 Å². The van der Waals surface area contributed by atoms with Gasteiger partial charge in [-0.25, -0.2) is 13.4 Å². The third-order valence-corrected chi connectivity index (χ3v) is 7.29. The molecule has 1 aliphatic rings. The van der Waals surface area contributed by atoms with E-state index in [1.807, 2.05) is 23.6 Å². The van der Waals surface area contributed by atoms with E-state index in [1.165, 1.54) is 11.3 Å². The first-order valence-electron chi connectivity index (χ1n) is 8.19. The highest BCUT2D eigenvalue weighted by Crippen LogP contribution is 2.30. The lowest BCUT2D eigenvalue weighted by Gasteiger charge is -2.26. The smallest absolute Gasteiger partial charge is 0.229 e. The van der Waals surface area contributed by atoms with Crippen LogP contribution in [0.3, 0.4) is 0 Å². The maximum atomic E-state index is 12.7. The summed E-state index contributed by atoms with van der Waals surface area (Å²) in [6.45, 7) is 4.01. The van der Waals surface area contributed by atoms with Crippen LogP contribution in [0.5, 0.6) is 0 Å². The molecule has 0 N–H and O–H groups in total. The number of thiazole rings is 1. The molecule has 2 aromatic rings. The first-order valence-corrected chi connectivity index (χ1v) is 11.3. The number of sulfone groups is 1. The molecule has 1 aliphatic heterocycles. The summed E-state index contributed by atoms with van der Waals surface area (Å²) in [4.78, 5) is 18.9. The van der Waals surface area contributed by atoms with E-state index in [2.05, 4.69) is 11.6 Å².